The molecule has 1 rings (SSSR count). The Morgan fingerprint density at radius 1 is 1.21 bits per heavy atom. The Balaban J connectivity index is 2.43. The third-order valence-electron chi connectivity index (χ3n) is 5.09. The number of aliphatic hydroxyl groups is 1. The van der Waals surface area contributed by atoms with E-state index in [1.807, 2.05) is 7.05 Å². The molecule has 2 atom stereocenters. The van der Waals surface area contributed by atoms with Gasteiger partial charge in [-0.2, -0.15) is 0 Å². The fourth-order valence-electron chi connectivity index (χ4n) is 3.49. The van der Waals surface area contributed by atoms with Crippen molar-refractivity contribution >= 4 is 0 Å². The number of ether oxygens (including phenoxy) is 2. The minimum atomic E-state index is -0.763. The highest BCUT2D eigenvalue weighted by Gasteiger charge is 2.21. The van der Waals surface area contributed by atoms with Crippen LogP contribution in [0.25, 0.3) is 0 Å². The Hall–Kier alpha value is -0.580. The molecule has 0 aromatic heterocycles. The molecular weight excluding hydrogens is 302 g/mol. The number of hydrogen-bond donors (Lipinski definition) is 2. The second kappa shape index (κ2) is 13.7. The molecule has 1 aliphatic rings. The maximum absolute atomic E-state index is 10.1. The van der Waals surface area contributed by atoms with Crippen LogP contribution in [-0.2, 0) is 9.47 Å². The normalized spacial score (nSPS) is 19.2. The first-order valence-corrected chi connectivity index (χ1v) is 9.89. The van der Waals surface area contributed by atoms with E-state index in [9.17, 15) is 5.11 Å². The fourth-order valence-corrected chi connectivity index (χ4v) is 3.49. The largest absolute Gasteiger partial charge is 0.391 e. The molecule has 0 spiro atoms. The Morgan fingerprint density at radius 3 is 2.58 bits per heavy atom. The average molecular weight is 342 g/mol. The average Bonchev–Trinajstić information content (AvgIpc) is 2.63. The van der Waals surface area contributed by atoms with Crippen molar-refractivity contribution in [1.82, 2.24) is 5.32 Å². The van der Waals surface area contributed by atoms with E-state index in [1.165, 1.54) is 57.1 Å². The van der Waals surface area contributed by atoms with Crippen molar-refractivity contribution in [2.24, 2.45) is 11.8 Å². The van der Waals surface area contributed by atoms with Crippen molar-refractivity contribution in [3.63, 3.8) is 0 Å². The molecule has 4 nitrogen and oxygen atoms in total. The Kier molecular flexibility index (Phi) is 12.2. The minimum absolute atomic E-state index is 0.00637. The zero-order valence-corrected chi connectivity index (χ0v) is 16.1. The third kappa shape index (κ3) is 8.50. The molecule has 0 bridgehead atoms. The monoisotopic (exact) mass is 341 g/mol. The van der Waals surface area contributed by atoms with E-state index in [0.717, 1.165) is 19.4 Å². The van der Waals surface area contributed by atoms with E-state index in [-0.39, 0.29) is 5.92 Å². The van der Waals surface area contributed by atoms with Gasteiger partial charge in [-0.05, 0) is 31.6 Å². The van der Waals surface area contributed by atoms with Crippen molar-refractivity contribution in [3.05, 3.63) is 11.8 Å². The predicted molar refractivity (Wildman–Crippen MR) is 99.8 cm³/mol. The summed E-state index contributed by atoms with van der Waals surface area (Å²) in [5, 5.41) is 13.5. The van der Waals surface area contributed by atoms with Crippen LogP contribution in [0.4, 0.5) is 0 Å². The van der Waals surface area contributed by atoms with Crippen LogP contribution in [0.5, 0.6) is 0 Å². The van der Waals surface area contributed by atoms with Crippen LogP contribution < -0.4 is 5.32 Å². The number of nitrogens with one attached hydrogen (secondary N) is 1. The lowest BCUT2D eigenvalue weighted by Gasteiger charge is -2.26. The number of allylic oxidation sites excluding steroid dienone is 2. The highest BCUT2D eigenvalue weighted by Crippen LogP contribution is 2.29. The van der Waals surface area contributed by atoms with Gasteiger partial charge in [0, 0.05) is 32.4 Å². The Morgan fingerprint density at radius 2 is 1.96 bits per heavy atom. The molecular formula is C20H39NO3. The fraction of sp³-hybridized carbons (Fsp3) is 0.900. The standard InChI is InChI=1S/C20H39NO3/c1-4-5-6-10-15-24-16-18(20(22)23-3)13-14-19(21-2)17-11-8-7-9-12-17/h14,17-18,20-22H,4-13,15-16H2,1-3H3/b19-14-. The molecule has 1 fully saturated rings. The molecule has 0 aromatic carbocycles. The SMILES string of the molecule is CCCCCCOCC(C/C=C(\NC)C1CCCCC1)C(O)OC. The smallest absolute Gasteiger partial charge is 0.159 e. The first kappa shape index (κ1) is 21.5. The van der Waals surface area contributed by atoms with Gasteiger partial charge in [0.25, 0.3) is 0 Å². The third-order valence-corrected chi connectivity index (χ3v) is 5.09. The predicted octanol–water partition coefficient (Wildman–Crippen LogP) is 4.24. The van der Waals surface area contributed by atoms with Crippen LogP contribution in [0.2, 0.25) is 0 Å². The number of unbranched alkanes of at least 4 members (excludes halogenated alkanes) is 3. The Bertz CT molecular complexity index is 327. The summed E-state index contributed by atoms with van der Waals surface area (Å²) in [6.07, 6.45) is 13.7. The molecule has 0 radical (unpaired) electrons. The van der Waals surface area contributed by atoms with Gasteiger partial charge < -0.3 is 19.9 Å². The zero-order valence-electron chi connectivity index (χ0n) is 16.1. The van der Waals surface area contributed by atoms with E-state index in [0.29, 0.717) is 12.5 Å². The second-order valence-corrected chi connectivity index (χ2v) is 7.00. The molecule has 24 heavy (non-hydrogen) atoms. The lowest BCUT2D eigenvalue weighted by Crippen LogP contribution is -2.27. The number of methoxy groups -OCH3 is 1. The van der Waals surface area contributed by atoms with Gasteiger partial charge in [-0.15, -0.1) is 0 Å². The molecule has 0 saturated heterocycles. The van der Waals surface area contributed by atoms with Gasteiger partial charge >= 0.3 is 0 Å². The van der Waals surface area contributed by atoms with Crippen LogP contribution in [0.3, 0.4) is 0 Å². The lowest BCUT2D eigenvalue weighted by atomic mass is 9.86. The molecule has 1 aliphatic carbocycles. The van der Waals surface area contributed by atoms with Gasteiger partial charge in [0.1, 0.15) is 0 Å². The van der Waals surface area contributed by atoms with Gasteiger partial charge in [0.2, 0.25) is 0 Å². The highest BCUT2D eigenvalue weighted by atomic mass is 16.6. The van der Waals surface area contributed by atoms with Crippen LogP contribution in [-0.4, -0.2) is 38.8 Å². The van der Waals surface area contributed by atoms with Crippen LogP contribution in [0, 0.1) is 11.8 Å². The number of hydrogen-bond acceptors (Lipinski definition) is 4. The summed E-state index contributed by atoms with van der Waals surface area (Å²) < 4.78 is 10.9. The highest BCUT2D eigenvalue weighted by molar-refractivity contribution is 5.05. The van der Waals surface area contributed by atoms with Crippen molar-refractivity contribution in [2.75, 3.05) is 27.4 Å². The van der Waals surface area contributed by atoms with Gasteiger partial charge in [-0.25, -0.2) is 0 Å². The summed E-state index contributed by atoms with van der Waals surface area (Å²) in [7, 11) is 3.56. The van der Waals surface area contributed by atoms with Crippen LogP contribution in [0.1, 0.15) is 71.1 Å². The van der Waals surface area contributed by atoms with Gasteiger partial charge in [-0.1, -0.05) is 51.5 Å². The molecule has 1 saturated carbocycles. The van der Waals surface area contributed by atoms with Crippen molar-refractivity contribution in [2.45, 2.75) is 77.4 Å². The quantitative estimate of drug-likeness (QED) is 0.389. The summed E-state index contributed by atoms with van der Waals surface area (Å²) in [4.78, 5) is 0. The van der Waals surface area contributed by atoms with Gasteiger partial charge in [0.15, 0.2) is 6.29 Å². The number of rotatable bonds is 13. The summed E-state index contributed by atoms with van der Waals surface area (Å²) in [6, 6.07) is 0. The first-order valence-electron chi connectivity index (χ1n) is 9.89. The topological polar surface area (TPSA) is 50.7 Å². The van der Waals surface area contributed by atoms with E-state index >= 15 is 0 Å². The molecule has 2 N–H and O–H groups in total. The molecule has 0 amide bonds. The van der Waals surface area contributed by atoms with Crippen molar-refractivity contribution in [1.29, 1.82) is 0 Å². The van der Waals surface area contributed by atoms with Crippen molar-refractivity contribution < 1.29 is 14.6 Å². The summed E-state index contributed by atoms with van der Waals surface area (Å²) in [6.45, 7) is 3.54. The molecule has 0 heterocycles. The Labute approximate surface area is 149 Å². The zero-order chi connectivity index (χ0) is 17.6. The van der Waals surface area contributed by atoms with Gasteiger partial charge in [-0.3, -0.25) is 0 Å². The van der Waals surface area contributed by atoms with E-state index in [2.05, 4.69) is 18.3 Å². The van der Waals surface area contributed by atoms with Gasteiger partial charge in [0.05, 0.1) is 6.61 Å². The number of aliphatic hydroxyl groups excluding tert-OH is 1. The maximum Gasteiger partial charge on any atom is 0.159 e. The maximum atomic E-state index is 10.1. The lowest BCUT2D eigenvalue weighted by molar-refractivity contribution is -0.128. The summed E-state index contributed by atoms with van der Waals surface area (Å²) in [5.41, 5.74) is 1.32. The second-order valence-electron chi connectivity index (χ2n) is 7.00. The molecule has 0 aromatic rings. The van der Waals surface area contributed by atoms with E-state index in [4.69, 9.17) is 9.47 Å². The first-order chi connectivity index (χ1) is 11.7. The van der Waals surface area contributed by atoms with Crippen LogP contribution >= 0.6 is 0 Å². The van der Waals surface area contributed by atoms with Crippen LogP contribution in [0.15, 0.2) is 11.8 Å². The molecule has 142 valence electrons. The van der Waals surface area contributed by atoms with Crippen molar-refractivity contribution in [3.8, 4) is 0 Å². The van der Waals surface area contributed by atoms with E-state index in [1.54, 1.807) is 7.11 Å². The minimum Gasteiger partial charge on any atom is -0.391 e. The molecule has 4 heteroatoms. The molecule has 2 unspecified atom stereocenters. The summed E-state index contributed by atoms with van der Waals surface area (Å²) in [5.74, 6) is 0.646. The summed E-state index contributed by atoms with van der Waals surface area (Å²) >= 11 is 0. The van der Waals surface area contributed by atoms with E-state index < -0.39 is 6.29 Å². The molecule has 0 aliphatic heterocycles.